The lowest BCUT2D eigenvalue weighted by molar-refractivity contribution is -0.275. The Balaban J connectivity index is 1.30. The average molecular weight is 611 g/mol. The van der Waals surface area contributed by atoms with Gasteiger partial charge in [-0.2, -0.15) is 0 Å². The Labute approximate surface area is 236 Å². The Morgan fingerprint density at radius 3 is 2.46 bits per heavy atom. The number of hydrogen-bond donors (Lipinski definition) is 0. The third-order valence-electron chi connectivity index (χ3n) is 8.80. The molecule has 212 valence electrons. The molecule has 1 saturated heterocycles. The molecule has 39 heavy (non-hydrogen) atoms. The number of piperidine rings is 1. The Morgan fingerprint density at radius 1 is 1.10 bits per heavy atom. The topological polar surface area (TPSA) is 48.0 Å². The smallest absolute Gasteiger partial charge is 0.487 e. The second-order valence-corrected chi connectivity index (χ2v) is 12.2. The summed E-state index contributed by atoms with van der Waals surface area (Å²) in [5, 5.41) is 0. The lowest BCUT2D eigenvalue weighted by Crippen LogP contribution is -2.50. The van der Waals surface area contributed by atoms with Crippen molar-refractivity contribution in [2.24, 2.45) is 11.8 Å². The number of hydrogen-bond acceptors (Lipinski definition) is 5. The van der Waals surface area contributed by atoms with Crippen molar-refractivity contribution >= 4 is 21.9 Å². The molecule has 2 heterocycles. The van der Waals surface area contributed by atoms with Crippen molar-refractivity contribution in [3.8, 4) is 11.5 Å². The van der Waals surface area contributed by atoms with Crippen molar-refractivity contribution in [2.45, 2.75) is 76.3 Å². The Bertz CT molecular complexity index is 1210. The molecule has 5 nitrogen and oxygen atoms in total. The molecule has 2 aliphatic heterocycles. The SMILES string of the molecule is COC(=O)[C@H](C)[C@H](c1ccc2c(c1)OC1(CC2)CCN([C@H](C)c2cc(Br)ccc2OC(F)(F)F)CC1)C1CC1. The van der Waals surface area contributed by atoms with E-state index in [0.717, 1.165) is 49.8 Å². The lowest BCUT2D eigenvalue weighted by atomic mass is 9.80. The molecule has 1 spiro atoms. The van der Waals surface area contributed by atoms with E-state index in [1.54, 1.807) is 12.1 Å². The number of benzene rings is 2. The van der Waals surface area contributed by atoms with Crippen LogP contribution >= 0.6 is 15.9 Å². The van der Waals surface area contributed by atoms with Crippen LogP contribution in [0.3, 0.4) is 0 Å². The van der Waals surface area contributed by atoms with Gasteiger partial charge in [0.2, 0.25) is 0 Å². The molecule has 2 fully saturated rings. The van der Waals surface area contributed by atoms with E-state index < -0.39 is 6.36 Å². The van der Waals surface area contributed by atoms with E-state index >= 15 is 0 Å². The highest BCUT2D eigenvalue weighted by Gasteiger charge is 2.43. The van der Waals surface area contributed by atoms with Crippen LogP contribution in [0.5, 0.6) is 11.5 Å². The third kappa shape index (κ3) is 6.24. The number of aryl methyl sites for hydroxylation is 1. The van der Waals surface area contributed by atoms with Crippen molar-refractivity contribution in [1.82, 2.24) is 4.90 Å². The van der Waals surface area contributed by atoms with Crippen LogP contribution in [0.15, 0.2) is 40.9 Å². The second-order valence-electron chi connectivity index (χ2n) is 11.3. The van der Waals surface area contributed by atoms with Crippen molar-refractivity contribution in [2.75, 3.05) is 20.2 Å². The molecule has 0 bridgehead atoms. The van der Waals surface area contributed by atoms with Gasteiger partial charge < -0.3 is 14.2 Å². The molecule has 3 atom stereocenters. The highest BCUT2D eigenvalue weighted by atomic mass is 79.9. The van der Waals surface area contributed by atoms with Gasteiger partial charge in [0.1, 0.15) is 17.1 Å². The van der Waals surface area contributed by atoms with Gasteiger partial charge in [0, 0.05) is 29.2 Å². The van der Waals surface area contributed by atoms with Crippen LogP contribution in [-0.4, -0.2) is 43.0 Å². The van der Waals surface area contributed by atoms with Crippen LogP contribution < -0.4 is 9.47 Å². The van der Waals surface area contributed by atoms with Crippen molar-refractivity contribution in [3.05, 3.63) is 57.6 Å². The van der Waals surface area contributed by atoms with Gasteiger partial charge >= 0.3 is 12.3 Å². The summed E-state index contributed by atoms with van der Waals surface area (Å²) in [6.07, 6.45) is 0.894. The van der Waals surface area contributed by atoms with E-state index in [2.05, 4.69) is 43.8 Å². The fourth-order valence-electron chi connectivity index (χ4n) is 6.41. The third-order valence-corrected chi connectivity index (χ3v) is 9.29. The van der Waals surface area contributed by atoms with E-state index in [1.165, 1.54) is 18.7 Å². The number of carbonyl (C=O) groups excluding carboxylic acids is 1. The highest BCUT2D eigenvalue weighted by molar-refractivity contribution is 9.10. The summed E-state index contributed by atoms with van der Waals surface area (Å²) in [6.45, 7) is 5.28. The number of carbonyl (C=O) groups is 1. The van der Waals surface area contributed by atoms with Crippen molar-refractivity contribution < 1.29 is 32.2 Å². The van der Waals surface area contributed by atoms with Gasteiger partial charge in [-0.05, 0) is 92.7 Å². The second kappa shape index (κ2) is 11.0. The number of fused-ring (bicyclic) bond motifs is 1. The highest BCUT2D eigenvalue weighted by Crippen LogP contribution is 2.49. The van der Waals surface area contributed by atoms with E-state index in [4.69, 9.17) is 9.47 Å². The minimum Gasteiger partial charge on any atom is -0.487 e. The number of esters is 1. The zero-order chi connectivity index (χ0) is 27.9. The number of ether oxygens (including phenoxy) is 3. The maximum Gasteiger partial charge on any atom is 0.573 e. The van der Waals surface area contributed by atoms with Gasteiger partial charge in [-0.25, -0.2) is 0 Å². The largest absolute Gasteiger partial charge is 0.573 e. The fraction of sp³-hybridized carbons (Fsp3) is 0.567. The Kier molecular flexibility index (Phi) is 7.94. The molecule has 0 amide bonds. The maximum atomic E-state index is 13.0. The summed E-state index contributed by atoms with van der Waals surface area (Å²) < 4.78 is 55.9. The molecule has 2 aromatic rings. The molecule has 1 aliphatic carbocycles. The molecule has 5 rings (SSSR count). The summed E-state index contributed by atoms with van der Waals surface area (Å²) in [7, 11) is 1.44. The van der Waals surface area contributed by atoms with E-state index in [1.807, 2.05) is 13.8 Å². The van der Waals surface area contributed by atoms with E-state index in [0.29, 0.717) is 29.0 Å². The number of methoxy groups -OCH3 is 1. The van der Waals surface area contributed by atoms with Crippen LogP contribution in [0.25, 0.3) is 0 Å². The Morgan fingerprint density at radius 2 is 1.82 bits per heavy atom. The van der Waals surface area contributed by atoms with Crippen LogP contribution in [0.4, 0.5) is 13.2 Å². The molecule has 3 aliphatic rings. The monoisotopic (exact) mass is 609 g/mol. The quantitative estimate of drug-likeness (QED) is 0.303. The summed E-state index contributed by atoms with van der Waals surface area (Å²) in [6, 6.07) is 10.8. The standard InChI is InChI=1S/C30H35BrF3NO4/c1-18(28(36)37-3)27(21-5-6-21)22-7-4-20-10-11-29(38-26(20)16-22)12-14-35(15-13-29)19(2)24-17-23(31)8-9-25(24)39-30(32,33)34/h4,7-9,16-19,21,27H,5-6,10-15H2,1-3H3/t18-,19-,27+/m1/s1. The lowest BCUT2D eigenvalue weighted by Gasteiger charge is -2.46. The first-order valence-electron chi connectivity index (χ1n) is 13.7. The van der Waals surface area contributed by atoms with Gasteiger partial charge in [-0.3, -0.25) is 9.69 Å². The molecule has 1 saturated carbocycles. The van der Waals surface area contributed by atoms with Gasteiger partial charge in [-0.15, -0.1) is 13.2 Å². The van der Waals surface area contributed by atoms with Crippen LogP contribution in [0.2, 0.25) is 0 Å². The first-order chi connectivity index (χ1) is 18.5. The molecule has 0 unspecified atom stereocenters. The van der Waals surface area contributed by atoms with E-state index in [9.17, 15) is 18.0 Å². The van der Waals surface area contributed by atoms with Crippen molar-refractivity contribution in [1.29, 1.82) is 0 Å². The van der Waals surface area contributed by atoms with Crippen LogP contribution in [-0.2, 0) is 16.0 Å². The average Bonchev–Trinajstić information content (AvgIpc) is 3.73. The summed E-state index contributed by atoms with van der Waals surface area (Å²) >= 11 is 3.39. The fourth-order valence-corrected chi connectivity index (χ4v) is 6.79. The molecule has 9 heteroatoms. The number of nitrogens with zero attached hydrogens (tertiary/aromatic N) is 1. The zero-order valence-corrected chi connectivity index (χ0v) is 24.1. The van der Waals surface area contributed by atoms with Gasteiger partial charge in [-0.1, -0.05) is 35.0 Å². The predicted molar refractivity (Wildman–Crippen MR) is 145 cm³/mol. The molecule has 0 aromatic heterocycles. The predicted octanol–water partition coefficient (Wildman–Crippen LogP) is 7.57. The van der Waals surface area contributed by atoms with Gasteiger partial charge in [0.05, 0.1) is 13.0 Å². The zero-order valence-electron chi connectivity index (χ0n) is 22.5. The first kappa shape index (κ1) is 28.3. The molecular formula is C30H35BrF3NO4. The number of likely N-dealkylation sites (tertiary alicyclic amines) is 1. The summed E-state index contributed by atoms with van der Waals surface area (Å²) in [5.41, 5.74) is 2.52. The van der Waals surface area contributed by atoms with Crippen molar-refractivity contribution in [3.63, 3.8) is 0 Å². The summed E-state index contributed by atoms with van der Waals surface area (Å²) in [5.74, 6) is 0.940. The van der Waals surface area contributed by atoms with E-state index in [-0.39, 0.29) is 35.2 Å². The molecular weight excluding hydrogens is 575 g/mol. The minimum atomic E-state index is -4.75. The van der Waals surface area contributed by atoms with Crippen LogP contribution in [0.1, 0.15) is 74.6 Å². The molecule has 2 aromatic carbocycles. The normalized spacial score (nSPS) is 21.4. The minimum absolute atomic E-state index is 0.116. The summed E-state index contributed by atoms with van der Waals surface area (Å²) in [4.78, 5) is 14.6. The number of rotatable bonds is 7. The number of halogens is 4. The van der Waals surface area contributed by atoms with Gasteiger partial charge in [0.25, 0.3) is 0 Å². The Hall–Kier alpha value is -2.26. The number of alkyl halides is 3. The van der Waals surface area contributed by atoms with Crippen LogP contribution in [0, 0.1) is 11.8 Å². The molecule has 0 radical (unpaired) electrons. The molecule has 0 N–H and O–H groups in total. The maximum absolute atomic E-state index is 13.0. The first-order valence-corrected chi connectivity index (χ1v) is 14.5. The van der Waals surface area contributed by atoms with Gasteiger partial charge in [0.15, 0.2) is 0 Å².